The molecule has 8 heteroatoms. The van der Waals surface area contributed by atoms with Gasteiger partial charge in [-0.25, -0.2) is 0 Å². The van der Waals surface area contributed by atoms with Gasteiger partial charge in [0.25, 0.3) is 20.2 Å². The molecule has 0 spiro atoms. The first-order valence-corrected chi connectivity index (χ1v) is 11.1. The van der Waals surface area contributed by atoms with Gasteiger partial charge in [-0.15, -0.1) is 0 Å². The molecule has 0 heterocycles. The van der Waals surface area contributed by atoms with Gasteiger partial charge in [-0.1, -0.05) is 59.7 Å². The fourth-order valence-electron chi connectivity index (χ4n) is 3.02. The molecule has 0 aliphatic rings. The first kappa shape index (κ1) is 20.2. The van der Waals surface area contributed by atoms with Crippen LogP contribution in [-0.4, -0.2) is 25.9 Å². The summed E-state index contributed by atoms with van der Waals surface area (Å²) >= 11 is 0. The zero-order chi connectivity index (χ0) is 20.7. The van der Waals surface area contributed by atoms with Gasteiger partial charge >= 0.3 is 0 Å². The fraction of sp³-hybridized carbons (Fsp3) is 0.100. The molecule has 0 bridgehead atoms. The Morgan fingerprint density at radius 1 is 0.571 bits per heavy atom. The highest BCUT2D eigenvalue weighted by molar-refractivity contribution is 7.86. The summed E-state index contributed by atoms with van der Waals surface area (Å²) in [4.78, 5) is -0.417. The highest BCUT2D eigenvalue weighted by atomic mass is 32.2. The molecule has 0 atom stereocenters. The van der Waals surface area contributed by atoms with Gasteiger partial charge in [0.15, 0.2) is 0 Å². The summed E-state index contributed by atoms with van der Waals surface area (Å²) in [6.07, 6.45) is 0. The Kier molecular flexibility index (Phi) is 5.16. The third-order valence-electron chi connectivity index (χ3n) is 4.33. The van der Waals surface area contributed by atoms with Crippen molar-refractivity contribution in [2.45, 2.75) is 23.6 Å². The molecule has 3 aromatic carbocycles. The van der Waals surface area contributed by atoms with Crippen LogP contribution < -0.4 is 0 Å². The van der Waals surface area contributed by atoms with Crippen LogP contribution in [0.1, 0.15) is 11.1 Å². The second kappa shape index (κ2) is 7.14. The van der Waals surface area contributed by atoms with Crippen LogP contribution in [0.5, 0.6) is 0 Å². The van der Waals surface area contributed by atoms with Crippen molar-refractivity contribution in [3.8, 4) is 22.3 Å². The van der Waals surface area contributed by atoms with Crippen molar-refractivity contribution in [3.63, 3.8) is 0 Å². The van der Waals surface area contributed by atoms with Crippen molar-refractivity contribution in [2.24, 2.45) is 0 Å². The summed E-state index contributed by atoms with van der Waals surface area (Å²) in [5.41, 5.74) is 3.40. The van der Waals surface area contributed by atoms with Crippen LogP contribution in [0.15, 0.2) is 70.5 Å². The summed E-state index contributed by atoms with van der Waals surface area (Å²) in [7, 11) is -8.81. The number of aryl methyl sites for hydroxylation is 2. The molecule has 0 aliphatic heterocycles. The average molecular weight is 418 g/mol. The Balaban J connectivity index is 2.16. The van der Waals surface area contributed by atoms with E-state index in [4.69, 9.17) is 0 Å². The van der Waals surface area contributed by atoms with Gasteiger partial charge in [-0.2, -0.15) is 16.8 Å². The molecule has 146 valence electrons. The second-order valence-electron chi connectivity index (χ2n) is 6.53. The molecule has 0 saturated carbocycles. The number of benzene rings is 3. The van der Waals surface area contributed by atoms with E-state index >= 15 is 0 Å². The van der Waals surface area contributed by atoms with Gasteiger partial charge < -0.3 is 0 Å². The topological polar surface area (TPSA) is 109 Å². The van der Waals surface area contributed by atoms with Crippen molar-refractivity contribution in [1.29, 1.82) is 0 Å². The van der Waals surface area contributed by atoms with Crippen molar-refractivity contribution >= 4 is 20.2 Å². The van der Waals surface area contributed by atoms with E-state index in [9.17, 15) is 25.9 Å². The van der Waals surface area contributed by atoms with Gasteiger partial charge in [0.2, 0.25) is 0 Å². The van der Waals surface area contributed by atoms with Crippen LogP contribution in [0, 0.1) is 13.8 Å². The summed E-state index contributed by atoms with van der Waals surface area (Å²) in [6.45, 7) is 3.60. The zero-order valence-electron chi connectivity index (χ0n) is 15.1. The van der Waals surface area contributed by atoms with Crippen LogP contribution in [0.4, 0.5) is 0 Å². The van der Waals surface area contributed by atoms with Crippen LogP contribution in [0.25, 0.3) is 22.3 Å². The smallest absolute Gasteiger partial charge is 0.282 e. The number of hydrogen-bond donors (Lipinski definition) is 2. The van der Waals surface area contributed by atoms with Crippen molar-refractivity contribution < 1.29 is 25.9 Å². The zero-order valence-corrected chi connectivity index (χ0v) is 16.8. The van der Waals surface area contributed by atoms with Gasteiger partial charge in [-0.3, -0.25) is 9.11 Å². The molecular weight excluding hydrogens is 400 g/mol. The van der Waals surface area contributed by atoms with Crippen LogP contribution in [-0.2, 0) is 20.2 Å². The number of hydrogen-bond acceptors (Lipinski definition) is 4. The van der Waals surface area contributed by atoms with Gasteiger partial charge in [0, 0.05) is 11.1 Å². The standard InChI is InChI=1S/C20H18O6S2/c1-13-3-9-19(27(21,22)23)17(11-13)15-5-7-16(8-6-15)18-12-14(2)4-10-20(18)28(24,25)26/h3-12H,1-2H3,(H,21,22,23)(H,24,25,26). The predicted octanol–water partition coefficient (Wildman–Crippen LogP) is 4.13. The van der Waals surface area contributed by atoms with Gasteiger partial charge in [-0.05, 0) is 37.1 Å². The van der Waals surface area contributed by atoms with E-state index in [1.165, 1.54) is 12.1 Å². The quantitative estimate of drug-likeness (QED) is 0.617. The van der Waals surface area contributed by atoms with Crippen molar-refractivity contribution in [3.05, 3.63) is 71.8 Å². The Hall–Kier alpha value is -2.52. The third-order valence-corrected chi connectivity index (χ3v) is 6.16. The second-order valence-corrected chi connectivity index (χ2v) is 9.31. The Labute approximate surface area is 164 Å². The first-order valence-electron chi connectivity index (χ1n) is 8.24. The molecule has 0 radical (unpaired) electrons. The number of rotatable bonds is 4. The summed E-state index contributed by atoms with van der Waals surface area (Å²) in [5.74, 6) is 0. The Morgan fingerprint density at radius 3 is 1.18 bits per heavy atom. The van der Waals surface area contributed by atoms with Crippen LogP contribution in [0.2, 0.25) is 0 Å². The lowest BCUT2D eigenvalue weighted by Gasteiger charge is -2.12. The molecule has 0 aliphatic carbocycles. The molecule has 3 aromatic rings. The molecule has 2 N–H and O–H groups in total. The van der Waals surface area contributed by atoms with E-state index in [2.05, 4.69) is 0 Å². The monoisotopic (exact) mass is 418 g/mol. The predicted molar refractivity (Wildman–Crippen MR) is 106 cm³/mol. The normalized spacial score (nSPS) is 12.1. The lowest BCUT2D eigenvalue weighted by molar-refractivity contribution is 0.481. The minimum absolute atomic E-state index is 0.208. The maximum Gasteiger partial charge on any atom is 0.295 e. The molecule has 3 rings (SSSR count). The molecule has 0 amide bonds. The van der Waals surface area contributed by atoms with Crippen LogP contribution >= 0.6 is 0 Å². The summed E-state index contributed by atoms with van der Waals surface area (Å²) in [5, 5.41) is 0. The maximum absolute atomic E-state index is 11.7. The average Bonchev–Trinajstić information content (AvgIpc) is 2.59. The third kappa shape index (κ3) is 4.15. The SMILES string of the molecule is Cc1ccc(S(=O)(=O)O)c(-c2ccc(-c3cc(C)ccc3S(=O)(=O)O)cc2)c1. The van der Waals surface area contributed by atoms with Gasteiger partial charge in [0.1, 0.15) is 9.79 Å². The van der Waals surface area contributed by atoms with Crippen molar-refractivity contribution in [1.82, 2.24) is 0 Å². The highest BCUT2D eigenvalue weighted by Gasteiger charge is 2.19. The molecular formula is C20H18O6S2. The lowest BCUT2D eigenvalue weighted by Crippen LogP contribution is -2.02. The van der Waals surface area contributed by atoms with E-state index < -0.39 is 20.2 Å². The lowest BCUT2D eigenvalue weighted by atomic mass is 9.98. The molecule has 0 fully saturated rings. The molecule has 0 aromatic heterocycles. The molecule has 28 heavy (non-hydrogen) atoms. The van der Waals surface area contributed by atoms with E-state index in [-0.39, 0.29) is 9.79 Å². The fourth-order valence-corrected chi connectivity index (χ4v) is 4.41. The molecule has 0 saturated heterocycles. The van der Waals surface area contributed by atoms with Crippen molar-refractivity contribution in [2.75, 3.05) is 0 Å². The van der Waals surface area contributed by atoms with Crippen LogP contribution in [0.3, 0.4) is 0 Å². The van der Waals surface area contributed by atoms with E-state index in [0.29, 0.717) is 22.3 Å². The van der Waals surface area contributed by atoms with E-state index in [0.717, 1.165) is 11.1 Å². The summed E-state index contributed by atoms with van der Waals surface area (Å²) in [6, 6.07) is 15.7. The van der Waals surface area contributed by atoms with E-state index in [1.54, 1.807) is 62.4 Å². The minimum Gasteiger partial charge on any atom is -0.282 e. The Morgan fingerprint density at radius 2 is 0.893 bits per heavy atom. The highest BCUT2D eigenvalue weighted by Crippen LogP contribution is 2.33. The summed E-state index contributed by atoms with van der Waals surface area (Å²) < 4.78 is 65.7. The molecule has 0 unspecified atom stereocenters. The molecule has 6 nitrogen and oxygen atoms in total. The van der Waals surface area contributed by atoms with Gasteiger partial charge in [0.05, 0.1) is 0 Å². The Bertz CT molecular complexity index is 1160. The first-order chi connectivity index (χ1) is 13.0. The largest absolute Gasteiger partial charge is 0.295 e. The minimum atomic E-state index is -4.40. The van der Waals surface area contributed by atoms with E-state index in [1.807, 2.05) is 0 Å². The maximum atomic E-state index is 11.7.